The van der Waals surface area contributed by atoms with E-state index >= 15 is 0 Å². The van der Waals surface area contributed by atoms with E-state index in [1.165, 1.54) is 11.9 Å². The van der Waals surface area contributed by atoms with Gasteiger partial charge < -0.3 is 25.0 Å². The minimum Gasteiger partial charge on any atom is -0.477 e. The molecule has 0 saturated heterocycles. The highest BCUT2D eigenvalue weighted by atomic mass is 35.5. The largest absolute Gasteiger partial charge is 0.477 e. The van der Waals surface area contributed by atoms with Crippen molar-refractivity contribution in [2.75, 3.05) is 25.1 Å². The first-order valence-electron chi connectivity index (χ1n) is 10.7. The van der Waals surface area contributed by atoms with Crippen molar-refractivity contribution < 1.29 is 28.7 Å². The Morgan fingerprint density at radius 1 is 1.12 bits per heavy atom. The number of carbonyl (C=O) groups is 4. The molecule has 3 rings (SSSR count). The lowest BCUT2D eigenvalue weighted by atomic mass is 10.0. The SMILES string of the molecule is CNC(=O)C1CN(C(=O)COC(=O)[C@@H](NC(=O)c2ccccc2Cl)C(C)C)c2ccccc2O1. The zero-order valence-corrected chi connectivity index (χ0v) is 19.8. The van der Waals surface area contributed by atoms with Crippen LogP contribution in [-0.4, -0.2) is 56.0 Å². The number of fused-ring (bicyclic) bond motifs is 1. The molecule has 0 spiro atoms. The predicted molar refractivity (Wildman–Crippen MR) is 126 cm³/mol. The zero-order valence-electron chi connectivity index (χ0n) is 19.0. The molecule has 1 aliphatic rings. The smallest absolute Gasteiger partial charge is 0.329 e. The number of para-hydroxylation sites is 2. The number of likely N-dealkylation sites (N-methyl/N-ethyl adjacent to an activating group) is 1. The second-order valence-corrected chi connectivity index (χ2v) is 8.38. The second kappa shape index (κ2) is 11.0. The van der Waals surface area contributed by atoms with Gasteiger partial charge in [0.1, 0.15) is 11.8 Å². The molecular weight excluding hydrogens is 462 g/mol. The first kappa shape index (κ1) is 25.0. The van der Waals surface area contributed by atoms with Crippen molar-refractivity contribution in [2.45, 2.75) is 26.0 Å². The van der Waals surface area contributed by atoms with Crippen LogP contribution in [0.3, 0.4) is 0 Å². The summed E-state index contributed by atoms with van der Waals surface area (Å²) in [4.78, 5) is 51.8. The summed E-state index contributed by atoms with van der Waals surface area (Å²) in [5.41, 5.74) is 0.694. The summed E-state index contributed by atoms with van der Waals surface area (Å²) in [5, 5.41) is 5.38. The quantitative estimate of drug-likeness (QED) is 0.579. The molecule has 2 N–H and O–H groups in total. The van der Waals surface area contributed by atoms with Gasteiger partial charge in [0, 0.05) is 7.05 Å². The highest BCUT2D eigenvalue weighted by molar-refractivity contribution is 6.33. The molecule has 0 fully saturated rings. The van der Waals surface area contributed by atoms with E-state index in [9.17, 15) is 19.2 Å². The first-order chi connectivity index (χ1) is 16.2. The predicted octanol–water partition coefficient (Wildman–Crippen LogP) is 2.18. The number of rotatable bonds is 7. The van der Waals surface area contributed by atoms with E-state index in [4.69, 9.17) is 21.1 Å². The van der Waals surface area contributed by atoms with Gasteiger partial charge in [0.05, 0.1) is 22.8 Å². The lowest BCUT2D eigenvalue weighted by Gasteiger charge is -2.34. The van der Waals surface area contributed by atoms with Crippen LogP contribution in [0.5, 0.6) is 5.75 Å². The van der Waals surface area contributed by atoms with Gasteiger partial charge in [-0.25, -0.2) is 4.79 Å². The summed E-state index contributed by atoms with van der Waals surface area (Å²) in [5.74, 6) is -2.13. The number of halogens is 1. The molecule has 0 bridgehead atoms. The van der Waals surface area contributed by atoms with Crippen molar-refractivity contribution in [3.8, 4) is 5.75 Å². The summed E-state index contributed by atoms with van der Waals surface area (Å²) >= 11 is 6.07. The molecule has 0 aromatic heterocycles. The minimum absolute atomic E-state index is 0.0378. The Kier molecular flexibility index (Phi) is 8.12. The summed E-state index contributed by atoms with van der Waals surface area (Å²) in [7, 11) is 1.48. The number of hydrogen-bond donors (Lipinski definition) is 2. The number of benzene rings is 2. The molecule has 10 heteroatoms. The van der Waals surface area contributed by atoms with Crippen LogP contribution in [0.2, 0.25) is 5.02 Å². The summed E-state index contributed by atoms with van der Waals surface area (Å²) < 4.78 is 10.9. The van der Waals surface area contributed by atoms with Gasteiger partial charge in [-0.05, 0) is 30.2 Å². The third kappa shape index (κ3) is 5.66. The maximum atomic E-state index is 13.0. The Bertz CT molecular complexity index is 1090. The van der Waals surface area contributed by atoms with Crippen molar-refractivity contribution in [3.05, 3.63) is 59.1 Å². The Balaban J connectivity index is 1.68. The lowest BCUT2D eigenvalue weighted by molar-refractivity contribution is -0.151. The fourth-order valence-corrected chi connectivity index (χ4v) is 3.65. The van der Waals surface area contributed by atoms with Gasteiger partial charge in [-0.3, -0.25) is 14.4 Å². The van der Waals surface area contributed by atoms with Crippen LogP contribution >= 0.6 is 11.6 Å². The average molecular weight is 488 g/mol. The van der Waals surface area contributed by atoms with Gasteiger partial charge in [-0.2, -0.15) is 0 Å². The number of esters is 1. The second-order valence-electron chi connectivity index (χ2n) is 7.98. The van der Waals surface area contributed by atoms with Crippen LogP contribution in [-0.2, 0) is 19.1 Å². The Morgan fingerprint density at radius 3 is 2.47 bits per heavy atom. The number of ether oxygens (including phenoxy) is 2. The molecule has 2 aromatic rings. The molecule has 34 heavy (non-hydrogen) atoms. The standard InChI is InChI=1S/C24H26ClN3O6/c1-14(2)21(27-22(30)15-8-4-5-9-16(15)25)24(32)33-13-20(29)28-12-19(23(31)26-3)34-18-11-7-6-10-17(18)28/h4-11,14,19,21H,12-13H2,1-3H3,(H,26,31)(H,27,30)/t19?,21-/m0/s1. The minimum atomic E-state index is -0.993. The van der Waals surface area contributed by atoms with Crippen LogP contribution in [0.1, 0.15) is 24.2 Å². The monoisotopic (exact) mass is 487 g/mol. The van der Waals surface area contributed by atoms with Gasteiger partial charge >= 0.3 is 5.97 Å². The molecule has 1 unspecified atom stereocenters. The van der Waals surface area contributed by atoms with Crippen LogP contribution < -0.4 is 20.3 Å². The Hall–Kier alpha value is -3.59. The fraction of sp³-hybridized carbons (Fsp3) is 0.333. The van der Waals surface area contributed by atoms with Crippen molar-refractivity contribution in [1.29, 1.82) is 0 Å². The van der Waals surface area contributed by atoms with E-state index in [0.717, 1.165) is 0 Å². The van der Waals surface area contributed by atoms with E-state index in [1.54, 1.807) is 62.4 Å². The summed E-state index contributed by atoms with van der Waals surface area (Å²) in [6, 6.07) is 12.3. The molecule has 3 amide bonds. The first-order valence-corrected chi connectivity index (χ1v) is 11.1. The highest BCUT2D eigenvalue weighted by Gasteiger charge is 2.34. The summed E-state index contributed by atoms with van der Waals surface area (Å²) in [6.07, 6.45) is -0.905. The molecule has 0 aliphatic carbocycles. The van der Waals surface area contributed by atoms with E-state index in [1.807, 2.05) is 0 Å². The maximum Gasteiger partial charge on any atom is 0.329 e. The van der Waals surface area contributed by atoms with Crippen LogP contribution in [0.25, 0.3) is 0 Å². The van der Waals surface area contributed by atoms with E-state index < -0.39 is 36.5 Å². The van der Waals surface area contributed by atoms with Crippen LogP contribution in [0, 0.1) is 5.92 Å². The number of hydrogen-bond acceptors (Lipinski definition) is 6. The van der Waals surface area contributed by atoms with Crippen molar-refractivity contribution >= 4 is 41.0 Å². The number of nitrogens with one attached hydrogen (secondary N) is 2. The molecule has 0 saturated carbocycles. The van der Waals surface area contributed by atoms with Gasteiger partial charge in [-0.1, -0.05) is 49.7 Å². The van der Waals surface area contributed by atoms with Crippen molar-refractivity contribution in [2.24, 2.45) is 5.92 Å². The number of carbonyl (C=O) groups excluding carboxylic acids is 4. The van der Waals surface area contributed by atoms with Crippen LogP contribution in [0.4, 0.5) is 5.69 Å². The Morgan fingerprint density at radius 2 is 1.79 bits per heavy atom. The maximum absolute atomic E-state index is 13.0. The fourth-order valence-electron chi connectivity index (χ4n) is 3.43. The number of nitrogens with zero attached hydrogens (tertiary/aromatic N) is 1. The molecule has 9 nitrogen and oxygen atoms in total. The van der Waals surface area contributed by atoms with E-state index in [0.29, 0.717) is 11.4 Å². The highest BCUT2D eigenvalue weighted by Crippen LogP contribution is 2.33. The Labute approximate surface area is 202 Å². The average Bonchev–Trinajstić information content (AvgIpc) is 2.84. The van der Waals surface area contributed by atoms with E-state index in [2.05, 4.69) is 10.6 Å². The molecule has 180 valence electrons. The summed E-state index contributed by atoms with van der Waals surface area (Å²) in [6.45, 7) is 2.88. The van der Waals surface area contributed by atoms with Gasteiger partial charge in [0.2, 0.25) is 0 Å². The third-order valence-corrected chi connectivity index (χ3v) is 5.61. The van der Waals surface area contributed by atoms with Gasteiger partial charge in [0.15, 0.2) is 12.7 Å². The molecule has 0 radical (unpaired) electrons. The van der Waals surface area contributed by atoms with Crippen LogP contribution in [0.15, 0.2) is 48.5 Å². The molecule has 1 heterocycles. The number of amides is 3. The molecule has 1 aliphatic heterocycles. The molecule has 2 atom stereocenters. The molecule has 2 aromatic carbocycles. The number of anilines is 1. The van der Waals surface area contributed by atoms with Crippen molar-refractivity contribution in [1.82, 2.24) is 10.6 Å². The van der Waals surface area contributed by atoms with Gasteiger partial charge in [-0.15, -0.1) is 0 Å². The third-order valence-electron chi connectivity index (χ3n) is 5.28. The topological polar surface area (TPSA) is 114 Å². The normalized spacial score (nSPS) is 15.6. The lowest BCUT2D eigenvalue weighted by Crippen LogP contribution is -2.51. The van der Waals surface area contributed by atoms with E-state index in [-0.39, 0.29) is 29.0 Å². The molecular formula is C24H26ClN3O6. The zero-order chi connectivity index (χ0) is 24.8. The van der Waals surface area contributed by atoms with Crippen molar-refractivity contribution in [3.63, 3.8) is 0 Å². The van der Waals surface area contributed by atoms with Gasteiger partial charge in [0.25, 0.3) is 17.7 Å².